The minimum absolute atomic E-state index is 0.392. The second-order valence-corrected chi connectivity index (χ2v) is 5.31. The molecule has 0 N–H and O–H groups in total. The number of ether oxygens (including phenoxy) is 1. The fraction of sp³-hybridized carbons (Fsp3) is 0.750. The zero-order valence-electron chi connectivity index (χ0n) is 12.2. The Bertz CT molecular complexity index is 332. The molecule has 0 rings (SSSR count). The van der Waals surface area contributed by atoms with Crippen LogP contribution in [0, 0.1) is 0 Å². The normalized spacial score (nSPS) is 13.3. The van der Waals surface area contributed by atoms with E-state index in [1.807, 2.05) is 0 Å². The molecule has 0 radical (unpaired) electrons. The van der Waals surface area contributed by atoms with Gasteiger partial charge in [-0.25, -0.2) is 9.79 Å². The zero-order valence-corrected chi connectivity index (χ0v) is 12.2. The lowest BCUT2D eigenvalue weighted by Gasteiger charge is -2.27. The van der Waals surface area contributed by atoms with Gasteiger partial charge >= 0.3 is 6.09 Å². The van der Waals surface area contributed by atoms with Crippen LogP contribution in [0.3, 0.4) is 0 Å². The average Bonchev–Trinajstić information content (AvgIpc) is 2.21. The number of rotatable bonds is 3. The van der Waals surface area contributed by atoms with Gasteiger partial charge in [-0.1, -0.05) is 0 Å². The van der Waals surface area contributed by atoms with Crippen molar-refractivity contribution in [1.29, 1.82) is 0 Å². The average molecular weight is 257 g/mol. The summed E-state index contributed by atoms with van der Waals surface area (Å²) >= 11 is 0. The van der Waals surface area contributed by atoms with Crippen LogP contribution in [0.25, 0.3) is 0 Å². The highest BCUT2D eigenvalue weighted by molar-refractivity contribution is 5.90. The van der Waals surface area contributed by atoms with Gasteiger partial charge in [0.1, 0.15) is 11.6 Å². The molecule has 0 saturated carbocycles. The van der Waals surface area contributed by atoms with Crippen LogP contribution in [-0.4, -0.2) is 60.9 Å². The molecule has 2 amide bonds. The van der Waals surface area contributed by atoms with Crippen molar-refractivity contribution in [2.45, 2.75) is 39.3 Å². The third-order valence-electron chi connectivity index (χ3n) is 2.04. The number of amides is 2. The molecule has 0 saturated heterocycles. The Morgan fingerprint density at radius 1 is 1.22 bits per heavy atom. The predicted molar refractivity (Wildman–Crippen MR) is 70.6 cm³/mol. The van der Waals surface area contributed by atoms with Gasteiger partial charge in [0.25, 0.3) is 5.91 Å². The van der Waals surface area contributed by atoms with Crippen LogP contribution >= 0.6 is 0 Å². The maximum atomic E-state index is 11.7. The summed E-state index contributed by atoms with van der Waals surface area (Å²) in [5.41, 5.74) is -0.582. The highest BCUT2D eigenvalue weighted by Gasteiger charge is 2.26. The number of carbonyl (C=O) groups excluding carboxylic acids is 2. The number of aliphatic imine (C=N–C) groups is 1. The van der Waals surface area contributed by atoms with Crippen LogP contribution in [0.5, 0.6) is 0 Å². The van der Waals surface area contributed by atoms with E-state index in [0.29, 0.717) is 0 Å². The number of carbonyl (C=O) groups is 2. The standard InChI is InChI=1S/C12H23N3O3/c1-9(10(16)13-8-14(5)6)15(7)11(17)18-12(2,3)4/h8-9H,1-7H3/t9-/m0/s1. The van der Waals surface area contributed by atoms with Gasteiger partial charge in [-0.3, -0.25) is 9.69 Å². The van der Waals surface area contributed by atoms with Gasteiger partial charge in [0.2, 0.25) is 0 Å². The molecule has 0 unspecified atom stereocenters. The van der Waals surface area contributed by atoms with E-state index in [4.69, 9.17) is 4.74 Å². The molecule has 0 aliphatic rings. The molecule has 6 heteroatoms. The number of hydrogen-bond donors (Lipinski definition) is 0. The SMILES string of the molecule is C[C@@H](C(=O)N=CN(C)C)N(C)C(=O)OC(C)(C)C. The van der Waals surface area contributed by atoms with Gasteiger partial charge in [-0.05, 0) is 27.7 Å². The Morgan fingerprint density at radius 2 is 1.72 bits per heavy atom. The molecule has 0 fully saturated rings. The van der Waals surface area contributed by atoms with Crippen LogP contribution in [0.15, 0.2) is 4.99 Å². The van der Waals surface area contributed by atoms with E-state index in [1.54, 1.807) is 46.7 Å². The molecule has 0 aromatic rings. The summed E-state index contributed by atoms with van der Waals surface area (Å²) < 4.78 is 5.17. The van der Waals surface area contributed by atoms with E-state index in [-0.39, 0.29) is 0 Å². The number of likely N-dealkylation sites (N-methyl/N-ethyl adjacent to an activating group) is 1. The lowest BCUT2D eigenvalue weighted by Crippen LogP contribution is -2.42. The van der Waals surface area contributed by atoms with Crippen LogP contribution in [-0.2, 0) is 9.53 Å². The lowest BCUT2D eigenvalue weighted by molar-refractivity contribution is -0.122. The van der Waals surface area contributed by atoms with E-state index >= 15 is 0 Å². The van der Waals surface area contributed by atoms with Gasteiger partial charge in [-0.15, -0.1) is 0 Å². The molecule has 6 nitrogen and oxygen atoms in total. The van der Waals surface area contributed by atoms with Crippen molar-refractivity contribution in [3.05, 3.63) is 0 Å². The molecule has 0 aliphatic heterocycles. The van der Waals surface area contributed by atoms with Crippen molar-refractivity contribution >= 4 is 18.3 Å². The van der Waals surface area contributed by atoms with Crippen molar-refractivity contribution in [1.82, 2.24) is 9.80 Å². The minimum Gasteiger partial charge on any atom is -0.444 e. The Balaban J connectivity index is 4.55. The molecule has 0 aromatic heterocycles. The summed E-state index contributed by atoms with van der Waals surface area (Å²) in [6, 6.07) is -0.656. The summed E-state index contributed by atoms with van der Waals surface area (Å²) in [6.45, 7) is 6.93. The van der Waals surface area contributed by atoms with Crippen LogP contribution in [0.1, 0.15) is 27.7 Å². The van der Waals surface area contributed by atoms with Crippen molar-refractivity contribution in [3.8, 4) is 0 Å². The van der Waals surface area contributed by atoms with Gasteiger partial charge in [-0.2, -0.15) is 0 Å². The van der Waals surface area contributed by atoms with Crippen LogP contribution in [0.2, 0.25) is 0 Å². The lowest BCUT2D eigenvalue weighted by atomic mass is 10.2. The maximum absolute atomic E-state index is 11.7. The summed E-state index contributed by atoms with van der Waals surface area (Å²) in [5, 5.41) is 0. The first-order valence-electron chi connectivity index (χ1n) is 5.75. The first-order valence-corrected chi connectivity index (χ1v) is 5.75. The second kappa shape index (κ2) is 6.37. The van der Waals surface area contributed by atoms with Crippen molar-refractivity contribution in [3.63, 3.8) is 0 Å². The maximum Gasteiger partial charge on any atom is 0.410 e. The number of hydrogen-bond acceptors (Lipinski definition) is 3. The molecule has 0 spiro atoms. The first-order chi connectivity index (χ1) is 8.04. The number of nitrogens with zero attached hydrogens (tertiary/aromatic N) is 3. The third-order valence-corrected chi connectivity index (χ3v) is 2.04. The van der Waals surface area contributed by atoms with Gasteiger partial charge in [0.05, 0.1) is 6.34 Å². The van der Waals surface area contributed by atoms with E-state index in [1.165, 1.54) is 18.3 Å². The summed E-state index contributed by atoms with van der Waals surface area (Å²) in [5.74, 6) is -0.392. The highest BCUT2D eigenvalue weighted by Crippen LogP contribution is 2.11. The van der Waals surface area contributed by atoms with Gasteiger partial charge < -0.3 is 9.64 Å². The monoisotopic (exact) mass is 257 g/mol. The van der Waals surface area contributed by atoms with E-state index in [2.05, 4.69) is 4.99 Å². The third kappa shape index (κ3) is 6.22. The van der Waals surface area contributed by atoms with E-state index < -0.39 is 23.6 Å². The quantitative estimate of drug-likeness (QED) is 0.565. The Kier molecular flexibility index (Phi) is 5.81. The highest BCUT2D eigenvalue weighted by atomic mass is 16.6. The van der Waals surface area contributed by atoms with Crippen LogP contribution in [0.4, 0.5) is 4.79 Å². The predicted octanol–water partition coefficient (Wildman–Crippen LogP) is 1.36. The largest absolute Gasteiger partial charge is 0.444 e. The molecule has 104 valence electrons. The fourth-order valence-electron chi connectivity index (χ4n) is 0.938. The molecular formula is C12H23N3O3. The smallest absolute Gasteiger partial charge is 0.410 e. The van der Waals surface area contributed by atoms with Crippen LogP contribution < -0.4 is 0 Å². The van der Waals surface area contributed by atoms with E-state index in [0.717, 1.165) is 0 Å². The Labute approximate surface area is 109 Å². The fourth-order valence-corrected chi connectivity index (χ4v) is 0.938. The van der Waals surface area contributed by atoms with Crippen molar-refractivity contribution < 1.29 is 14.3 Å². The summed E-state index contributed by atoms with van der Waals surface area (Å²) in [4.78, 5) is 30.0. The topological polar surface area (TPSA) is 62.2 Å². The molecule has 0 aromatic carbocycles. The second-order valence-electron chi connectivity index (χ2n) is 5.31. The first kappa shape index (κ1) is 16.4. The Hall–Kier alpha value is -1.59. The summed E-state index contributed by atoms with van der Waals surface area (Å²) in [7, 11) is 5.04. The molecule has 0 heterocycles. The molecule has 0 aliphatic carbocycles. The van der Waals surface area contributed by atoms with E-state index in [9.17, 15) is 9.59 Å². The van der Waals surface area contributed by atoms with Gasteiger partial charge in [0.15, 0.2) is 0 Å². The minimum atomic E-state index is -0.656. The Morgan fingerprint density at radius 3 is 2.11 bits per heavy atom. The van der Waals surface area contributed by atoms with Crippen molar-refractivity contribution in [2.75, 3.05) is 21.1 Å². The van der Waals surface area contributed by atoms with Gasteiger partial charge in [0, 0.05) is 21.1 Å². The summed E-state index contributed by atoms with van der Waals surface area (Å²) in [6.07, 6.45) is 0.866. The molecule has 18 heavy (non-hydrogen) atoms. The van der Waals surface area contributed by atoms with Crippen molar-refractivity contribution in [2.24, 2.45) is 4.99 Å². The molecule has 0 bridgehead atoms. The molecular weight excluding hydrogens is 234 g/mol. The molecule has 1 atom stereocenters. The zero-order chi connectivity index (χ0) is 14.5.